The molecule has 3 nitrogen and oxygen atoms in total. The third-order valence-corrected chi connectivity index (χ3v) is 4.32. The number of para-hydroxylation sites is 1. The molecule has 106 valence electrons. The molecule has 0 aliphatic carbocycles. The second-order valence-electron chi connectivity index (χ2n) is 4.43. The smallest absolute Gasteiger partial charge is 0.316 e. The van der Waals surface area contributed by atoms with Crippen LogP contribution in [0.3, 0.4) is 0 Å². The number of carbonyl (C=O) groups is 1. The lowest BCUT2D eigenvalue weighted by molar-refractivity contribution is -0.136. The van der Waals surface area contributed by atoms with Crippen LogP contribution in [0.4, 0.5) is 0 Å². The second-order valence-corrected chi connectivity index (χ2v) is 5.74. The van der Waals surface area contributed by atoms with Gasteiger partial charge < -0.3 is 9.84 Å². The lowest BCUT2D eigenvalue weighted by Crippen LogP contribution is -2.15. The summed E-state index contributed by atoms with van der Waals surface area (Å²) >= 11 is 1.52. The maximum atomic E-state index is 10.8. The molecule has 0 aliphatic heterocycles. The van der Waals surface area contributed by atoms with Crippen molar-refractivity contribution in [2.75, 3.05) is 12.4 Å². The largest absolute Gasteiger partial charge is 0.493 e. The molecule has 1 rings (SSSR count). The molecule has 0 radical (unpaired) electrons. The van der Waals surface area contributed by atoms with Crippen molar-refractivity contribution in [3.63, 3.8) is 0 Å². The Balaban J connectivity index is 2.12. The molecule has 1 aromatic carbocycles. The number of carboxylic acids is 1. The summed E-state index contributed by atoms with van der Waals surface area (Å²) in [5.74, 6) is 1.11. The summed E-state index contributed by atoms with van der Waals surface area (Å²) in [7, 11) is 0. The van der Waals surface area contributed by atoms with Crippen LogP contribution in [0, 0.1) is 6.92 Å². The Hall–Kier alpha value is -1.16. The number of hydrogen-bond acceptors (Lipinski definition) is 3. The van der Waals surface area contributed by atoms with Gasteiger partial charge in [0.05, 0.1) is 6.61 Å². The van der Waals surface area contributed by atoms with Crippen molar-refractivity contribution >= 4 is 17.7 Å². The number of aryl methyl sites for hydroxylation is 1. The van der Waals surface area contributed by atoms with Crippen LogP contribution in [-0.2, 0) is 4.79 Å². The predicted octanol–water partition coefficient (Wildman–Crippen LogP) is 3.75. The standard InChI is InChI=1S/C15H22O3S/c1-3-14(15(16)17)19-11-7-6-10-18-13-9-5-4-8-12(13)2/h4-5,8-9,14H,3,6-7,10-11H2,1-2H3,(H,16,17). The number of carboxylic acid groups (broad SMARTS) is 1. The van der Waals surface area contributed by atoms with Crippen molar-refractivity contribution in [2.45, 2.75) is 38.4 Å². The van der Waals surface area contributed by atoms with E-state index in [-0.39, 0.29) is 5.25 Å². The Morgan fingerprint density at radius 3 is 2.74 bits per heavy atom. The van der Waals surface area contributed by atoms with Crippen molar-refractivity contribution in [2.24, 2.45) is 0 Å². The Labute approximate surface area is 119 Å². The van der Waals surface area contributed by atoms with Gasteiger partial charge in [-0.1, -0.05) is 25.1 Å². The van der Waals surface area contributed by atoms with Crippen LogP contribution in [0.1, 0.15) is 31.7 Å². The number of hydrogen-bond donors (Lipinski definition) is 1. The minimum Gasteiger partial charge on any atom is -0.493 e. The first-order valence-corrected chi connectivity index (χ1v) is 7.73. The van der Waals surface area contributed by atoms with E-state index in [4.69, 9.17) is 9.84 Å². The fourth-order valence-electron chi connectivity index (χ4n) is 1.69. The van der Waals surface area contributed by atoms with Gasteiger partial charge in [0.15, 0.2) is 0 Å². The van der Waals surface area contributed by atoms with E-state index in [1.54, 1.807) is 0 Å². The van der Waals surface area contributed by atoms with Gasteiger partial charge in [-0.3, -0.25) is 4.79 Å². The second kappa shape index (κ2) is 8.86. The van der Waals surface area contributed by atoms with Crippen LogP contribution in [-0.4, -0.2) is 28.7 Å². The summed E-state index contributed by atoms with van der Waals surface area (Å²) in [6.07, 6.45) is 2.62. The van der Waals surface area contributed by atoms with Gasteiger partial charge in [-0.15, -0.1) is 11.8 Å². The van der Waals surface area contributed by atoms with E-state index in [2.05, 4.69) is 0 Å². The SMILES string of the molecule is CCC(SCCCCOc1ccccc1C)C(=O)O. The molecule has 0 bridgehead atoms. The minimum absolute atomic E-state index is 0.266. The van der Waals surface area contributed by atoms with E-state index in [0.29, 0.717) is 13.0 Å². The maximum Gasteiger partial charge on any atom is 0.316 e. The van der Waals surface area contributed by atoms with E-state index in [1.807, 2.05) is 38.1 Å². The molecule has 0 saturated carbocycles. The first-order valence-electron chi connectivity index (χ1n) is 6.68. The highest BCUT2D eigenvalue weighted by Gasteiger charge is 2.14. The molecule has 1 unspecified atom stereocenters. The third-order valence-electron chi connectivity index (χ3n) is 2.86. The number of aliphatic carboxylic acids is 1. The molecule has 1 N–H and O–H groups in total. The lowest BCUT2D eigenvalue weighted by Gasteiger charge is -2.10. The summed E-state index contributed by atoms with van der Waals surface area (Å²) in [5, 5.41) is 8.64. The molecule has 0 aliphatic rings. The van der Waals surface area contributed by atoms with Gasteiger partial charge in [-0.05, 0) is 43.6 Å². The van der Waals surface area contributed by atoms with Gasteiger partial charge >= 0.3 is 5.97 Å². The number of thioether (sulfide) groups is 1. The highest BCUT2D eigenvalue weighted by Crippen LogP contribution is 2.18. The minimum atomic E-state index is -0.705. The van der Waals surface area contributed by atoms with Crippen molar-refractivity contribution < 1.29 is 14.6 Å². The number of rotatable bonds is 9. The van der Waals surface area contributed by atoms with Gasteiger partial charge in [0.1, 0.15) is 11.0 Å². The van der Waals surface area contributed by atoms with Crippen molar-refractivity contribution in [3.05, 3.63) is 29.8 Å². The number of ether oxygens (including phenoxy) is 1. The summed E-state index contributed by atoms with van der Waals surface area (Å²) < 4.78 is 5.69. The molecule has 0 aromatic heterocycles. The van der Waals surface area contributed by atoms with Crippen LogP contribution >= 0.6 is 11.8 Å². The normalized spacial score (nSPS) is 12.1. The van der Waals surface area contributed by atoms with Crippen LogP contribution in [0.2, 0.25) is 0 Å². The van der Waals surface area contributed by atoms with Gasteiger partial charge in [-0.2, -0.15) is 0 Å². The van der Waals surface area contributed by atoms with Crippen molar-refractivity contribution in [1.82, 2.24) is 0 Å². The number of unbranched alkanes of at least 4 members (excludes halogenated alkanes) is 1. The molecule has 1 atom stereocenters. The summed E-state index contributed by atoms with van der Waals surface area (Å²) in [4.78, 5) is 10.8. The Morgan fingerprint density at radius 1 is 1.37 bits per heavy atom. The molecule has 0 heterocycles. The monoisotopic (exact) mass is 282 g/mol. The van der Waals surface area contributed by atoms with Gasteiger partial charge in [-0.25, -0.2) is 0 Å². The molecular weight excluding hydrogens is 260 g/mol. The van der Waals surface area contributed by atoms with E-state index < -0.39 is 5.97 Å². The fourth-order valence-corrected chi connectivity index (χ4v) is 2.73. The average molecular weight is 282 g/mol. The Morgan fingerprint density at radius 2 is 2.11 bits per heavy atom. The van der Waals surface area contributed by atoms with E-state index >= 15 is 0 Å². The summed E-state index contributed by atoms with van der Waals surface area (Å²) in [6, 6.07) is 7.97. The zero-order valence-corrected chi connectivity index (χ0v) is 12.4. The van der Waals surface area contributed by atoms with Crippen LogP contribution in [0.25, 0.3) is 0 Å². The summed E-state index contributed by atoms with van der Waals surface area (Å²) in [6.45, 7) is 4.63. The lowest BCUT2D eigenvalue weighted by atomic mass is 10.2. The van der Waals surface area contributed by atoms with Crippen LogP contribution in [0.5, 0.6) is 5.75 Å². The van der Waals surface area contributed by atoms with Gasteiger partial charge in [0.2, 0.25) is 0 Å². The molecule has 4 heteroatoms. The van der Waals surface area contributed by atoms with Crippen molar-refractivity contribution in [3.8, 4) is 5.75 Å². The zero-order chi connectivity index (χ0) is 14.1. The van der Waals surface area contributed by atoms with E-state index in [9.17, 15) is 4.79 Å². The van der Waals surface area contributed by atoms with E-state index in [1.165, 1.54) is 11.8 Å². The molecular formula is C15H22O3S. The Bertz CT molecular complexity index is 393. The zero-order valence-electron chi connectivity index (χ0n) is 11.6. The molecule has 0 amide bonds. The third kappa shape index (κ3) is 6.01. The highest BCUT2D eigenvalue weighted by atomic mass is 32.2. The van der Waals surface area contributed by atoms with Gasteiger partial charge in [0, 0.05) is 0 Å². The van der Waals surface area contributed by atoms with Crippen LogP contribution < -0.4 is 4.74 Å². The fraction of sp³-hybridized carbons (Fsp3) is 0.533. The van der Waals surface area contributed by atoms with E-state index in [0.717, 1.165) is 29.9 Å². The molecule has 1 aromatic rings. The highest BCUT2D eigenvalue weighted by molar-refractivity contribution is 8.00. The first-order chi connectivity index (χ1) is 9.15. The topological polar surface area (TPSA) is 46.5 Å². The molecule has 0 saturated heterocycles. The van der Waals surface area contributed by atoms with Crippen molar-refractivity contribution in [1.29, 1.82) is 0 Å². The number of benzene rings is 1. The molecule has 0 fully saturated rings. The Kier molecular flexibility index (Phi) is 7.41. The quantitative estimate of drug-likeness (QED) is 0.701. The first kappa shape index (κ1) is 15.9. The predicted molar refractivity (Wildman–Crippen MR) is 80.1 cm³/mol. The van der Waals surface area contributed by atoms with Gasteiger partial charge in [0.25, 0.3) is 0 Å². The maximum absolute atomic E-state index is 10.8. The summed E-state index contributed by atoms with van der Waals surface area (Å²) in [5.41, 5.74) is 1.15. The van der Waals surface area contributed by atoms with Crippen LogP contribution in [0.15, 0.2) is 24.3 Å². The molecule has 0 spiro atoms. The average Bonchev–Trinajstić information content (AvgIpc) is 2.39. The molecule has 19 heavy (non-hydrogen) atoms.